The van der Waals surface area contributed by atoms with Crippen LogP contribution < -0.4 is 0 Å². The third kappa shape index (κ3) is 2.22. The maximum atomic E-state index is 12.4. The number of aryl methyl sites for hydroxylation is 1. The minimum absolute atomic E-state index is 0.0661. The average Bonchev–Trinajstić information content (AvgIpc) is 2.71. The number of aromatic nitrogens is 3. The Labute approximate surface area is 114 Å². The summed E-state index contributed by atoms with van der Waals surface area (Å²) in [6.45, 7) is 3.40. The molecule has 2 rings (SSSR count). The van der Waals surface area contributed by atoms with Crippen molar-refractivity contribution in [2.45, 2.75) is 30.5 Å². The summed E-state index contributed by atoms with van der Waals surface area (Å²) in [5.74, 6) is 0.301. The highest BCUT2D eigenvalue weighted by molar-refractivity contribution is 7.92. The molecule has 2 aromatic rings. The Morgan fingerprint density at radius 2 is 2.17 bits per heavy atom. The monoisotopic (exact) mass is 305 g/mol. The second-order valence-corrected chi connectivity index (χ2v) is 7.37. The Hall–Kier alpha value is -0.790. The largest absolute Gasteiger partial charge is 0.224 e. The zero-order valence-corrected chi connectivity index (χ0v) is 12.3. The number of rotatable bonds is 4. The summed E-state index contributed by atoms with van der Waals surface area (Å²) in [7, 11) is -3.49. The molecule has 0 N–H and O–H groups in total. The first-order valence-corrected chi connectivity index (χ1v) is 8.20. The Bertz CT molecular complexity index is 669. The fourth-order valence-electron chi connectivity index (χ4n) is 1.61. The highest BCUT2D eigenvalue weighted by atomic mass is 35.5. The van der Waals surface area contributed by atoms with Crippen LogP contribution in [-0.2, 0) is 9.84 Å². The van der Waals surface area contributed by atoms with Crippen molar-refractivity contribution in [3.63, 3.8) is 0 Å². The molecule has 0 aliphatic rings. The van der Waals surface area contributed by atoms with Gasteiger partial charge in [0.1, 0.15) is 11.2 Å². The summed E-state index contributed by atoms with van der Waals surface area (Å²) >= 11 is 6.79. The number of nitrogens with zero attached hydrogens (tertiary/aromatic N) is 3. The number of hydrogen-bond acceptors (Lipinski definition) is 6. The van der Waals surface area contributed by atoms with E-state index in [1.807, 2.05) is 0 Å². The summed E-state index contributed by atoms with van der Waals surface area (Å²) in [6, 6.07) is 0. The summed E-state index contributed by atoms with van der Waals surface area (Å²) in [5, 5.41) is 0.0349. The molecule has 1 unspecified atom stereocenters. The van der Waals surface area contributed by atoms with Crippen LogP contribution in [0.2, 0.25) is 0 Å². The molecule has 0 aromatic carbocycles. The topological polar surface area (TPSA) is 72.8 Å². The van der Waals surface area contributed by atoms with Crippen molar-refractivity contribution in [2.24, 2.45) is 0 Å². The van der Waals surface area contributed by atoms with Crippen molar-refractivity contribution >= 4 is 43.2 Å². The quantitative estimate of drug-likeness (QED) is 0.639. The molecule has 2 heterocycles. The SMILES string of the molecule is Cc1nsc2ncnc(S(=O)(=O)C(C)CCCl)c12. The molecule has 5 nitrogen and oxygen atoms in total. The summed E-state index contributed by atoms with van der Waals surface area (Å²) in [5.41, 5.74) is 0.646. The molecule has 8 heteroatoms. The Kier molecular flexibility index (Phi) is 3.84. The summed E-state index contributed by atoms with van der Waals surface area (Å²) in [6.07, 6.45) is 1.66. The number of halogens is 1. The maximum absolute atomic E-state index is 12.4. The predicted octanol–water partition coefficient (Wildman–Crippen LogP) is 2.19. The van der Waals surface area contributed by atoms with Crippen molar-refractivity contribution in [1.82, 2.24) is 14.3 Å². The van der Waals surface area contributed by atoms with Gasteiger partial charge in [-0.25, -0.2) is 18.4 Å². The molecule has 0 aliphatic heterocycles. The van der Waals surface area contributed by atoms with E-state index in [2.05, 4.69) is 14.3 Å². The van der Waals surface area contributed by atoms with Gasteiger partial charge in [-0.2, -0.15) is 4.37 Å². The van der Waals surface area contributed by atoms with Crippen LogP contribution in [0, 0.1) is 6.92 Å². The van der Waals surface area contributed by atoms with Gasteiger partial charge >= 0.3 is 0 Å². The van der Waals surface area contributed by atoms with E-state index in [0.29, 0.717) is 28.2 Å². The van der Waals surface area contributed by atoms with Crippen molar-refractivity contribution in [3.8, 4) is 0 Å². The smallest absolute Gasteiger partial charge is 0.199 e. The van der Waals surface area contributed by atoms with Crippen LogP contribution in [0.15, 0.2) is 11.4 Å². The molecule has 0 aliphatic carbocycles. The zero-order valence-electron chi connectivity index (χ0n) is 9.92. The first-order valence-electron chi connectivity index (χ1n) is 5.35. The van der Waals surface area contributed by atoms with Gasteiger partial charge in [-0.1, -0.05) is 0 Å². The second kappa shape index (κ2) is 5.07. The van der Waals surface area contributed by atoms with Crippen LogP contribution in [-0.4, -0.2) is 33.9 Å². The fraction of sp³-hybridized carbons (Fsp3) is 0.500. The molecule has 18 heavy (non-hydrogen) atoms. The molecule has 2 aromatic heterocycles. The number of hydrogen-bond donors (Lipinski definition) is 0. The minimum atomic E-state index is -3.49. The predicted molar refractivity (Wildman–Crippen MR) is 71.9 cm³/mol. The lowest BCUT2D eigenvalue weighted by Gasteiger charge is -2.11. The lowest BCUT2D eigenvalue weighted by atomic mass is 10.3. The van der Waals surface area contributed by atoms with Gasteiger partial charge < -0.3 is 0 Å². The van der Waals surface area contributed by atoms with Crippen molar-refractivity contribution in [1.29, 1.82) is 0 Å². The molecular formula is C10H12ClN3O2S2. The number of fused-ring (bicyclic) bond motifs is 1. The van der Waals surface area contributed by atoms with E-state index >= 15 is 0 Å². The van der Waals surface area contributed by atoms with E-state index < -0.39 is 15.1 Å². The molecule has 0 saturated heterocycles. The fourth-order valence-corrected chi connectivity index (χ4v) is 4.40. The highest BCUT2D eigenvalue weighted by Gasteiger charge is 2.28. The normalized spacial score (nSPS) is 13.9. The van der Waals surface area contributed by atoms with Crippen LogP contribution in [0.1, 0.15) is 19.0 Å². The first kappa shape index (κ1) is 13.6. The third-order valence-corrected chi connectivity index (χ3v) is 5.93. The number of alkyl halides is 1. The highest BCUT2D eigenvalue weighted by Crippen LogP contribution is 2.28. The summed E-state index contributed by atoms with van der Waals surface area (Å²) in [4.78, 5) is 8.57. The van der Waals surface area contributed by atoms with E-state index in [1.165, 1.54) is 17.9 Å². The maximum Gasteiger partial charge on any atom is 0.199 e. The van der Waals surface area contributed by atoms with Crippen LogP contribution in [0.3, 0.4) is 0 Å². The van der Waals surface area contributed by atoms with E-state index in [1.54, 1.807) is 13.8 Å². The Morgan fingerprint density at radius 3 is 2.83 bits per heavy atom. The van der Waals surface area contributed by atoms with Crippen LogP contribution in [0.25, 0.3) is 10.2 Å². The van der Waals surface area contributed by atoms with Gasteiger partial charge in [0.2, 0.25) is 0 Å². The lowest BCUT2D eigenvalue weighted by Crippen LogP contribution is -2.20. The molecule has 98 valence electrons. The van der Waals surface area contributed by atoms with Crippen LogP contribution in [0.5, 0.6) is 0 Å². The molecule has 0 radical (unpaired) electrons. The van der Waals surface area contributed by atoms with E-state index in [9.17, 15) is 8.42 Å². The minimum Gasteiger partial charge on any atom is -0.224 e. The Balaban J connectivity index is 2.64. The van der Waals surface area contributed by atoms with E-state index in [4.69, 9.17) is 11.6 Å². The van der Waals surface area contributed by atoms with E-state index in [-0.39, 0.29) is 5.03 Å². The Morgan fingerprint density at radius 1 is 1.44 bits per heavy atom. The van der Waals surface area contributed by atoms with Crippen molar-refractivity contribution in [2.75, 3.05) is 5.88 Å². The van der Waals surface area contributed by atoms with E-state index in [0.717, 1.165) is 0 Å². The molecule has 0 amide bonds. The average molecular weight is 306 g/mol. The first-order chi connectivity index (χ1) is 8.48. The molecule has 1 atom stereocenters. The standard InChI is InChI=1S/C10H12ClN3O2S2/c1-6(3-4-11)18(15,16)10-8-7(2)14-17-9(8)12-5-13-10/h5-6H,3-4H2,1-2H3. The van der Waals surface area contributed by atoms with Gasteiger partial charge in [0.15, 0.2) is 14.9 Å². The zero-order chi connectivity index (χ0) is 13.3. The van der Waals surface area contributed by atoms with Crippen LogP contribution >= 0.6 is 23.1 Å². The van der Waals surface area contributed by atoms with Gasteiger partial charge in [-0.3, -0.25) is 0 Å². The molecule has 0 saturated carbocycles. The van der Waals surface area contributed by atoms with Gasteiger partial charge in [0.05, 0.1) is 16.3 Å². The lowest BCUT2D eigenvalue weighted by molar-refractivity contribution is 0.578. The van der Waals surface area contributed by atoms with Gasteiger partial charge in [0, 0.05) is 5.88 Å². The summed E-state index contributed by atoms with van der Waals surface area (Å²) < 4.78 is 29.0. The van der Waals surface area contributed by atoms with Gasteiger partial charge in [-0.05, 0) is 31.8 Å². The van der Waals surface area contributed by atoms with Gasteiger partial charge in [0.25, 0.3) is 0 Å². The third-order valence-electron chi connectivity index (χ3n) is 2.72. The second-order valence-electron chi connectivity index (χ2n) is 3.96. The molecular weight excluding hydrogens is 294 g/mol. The van der Waals surface area contributed by atoms with Crippen LogP contribution in [0.4, 0.5) is 0 Å². The van der Waals surface area contributed by atoms with Crippen molar-refractivity contribution < 1.29 is 8.42 Å². The molecule has 0 fully saturated rings. The number of sulfone groups is 1. The molecule has 0 spiro atoms. The van der Waals surface area contributed by atoms with Gasteiger partial charge in [-0.15, -0.1) is 11.6 Å². The molecule has 0 bridgehead atoms. The van der Waals surface area contributed by atoms with Crippen molar-refractivity contribution in [3.05, 3.63) is 12.0 Å².